The van der Waals surface area contributed by atoms with Crippen LogP contribution < -0.4 is 10.6 Å². The molecule has 29 heavy (non-hydrogen) atoms. The molecule has 3 amide bonds. The van der Waals surface area contributed by atoms with Crippen molar-refractivity contribution in [1.29, 1.82) is 0 Å². The van der Waals surface area contributed by atoms with Crippen LogP contribution in [0.5, 0.6) is 0 Å². The van der Waals surface area contributed by atoms with Crippen LogP contribution in [0.4, 0.5) is 0 Å². The Morgan fingerprint density at radius 2 is 2.00 bits per heavy atom. The Morgan fingerprint density at radius 1 is 1.10 bits per heavy atom. The lowest BCUT2D eigenvalue weighted by Gasteiger charge is -2.44. The Bertz CT molecular complexity index is 852. The third-order valence-electron chi connectivity index (χ3n) is 7.04. The van der Waals surface area contributed by atoms with E-state index in [1.165, 1.54) is 24.8 Å². The number of likely N-dealkylation sites (tertiary alicyclic amines) is 1. The molecule has 1 unspecified atom stereocenters. The Hall–Kier alpha value is -2.25. The van der Waals surface area contributed by atoms with Crippen LogP contribution >= 0.6 is 0 Å². The standard InChI is InChI=1S/C22H28N4O3/c27-20-6-5-19(21(28)24-20)26-13-16-4-3-14(10-17(16)22(26)29)12-25-9-1-2-15-11-23-8-7-18(15)25/h3-4,10,15,18-19,23H,1-2,5-9,11-13H2,(H,24,27,28)/t15-,18+,19?/m1/s1. The minimum absolute atomic E-state index is 0.0882. The Labute approximate surface area is 170 Å². The first-order chi connectivity index (χ1) is 14.1. The average Bonchev–Trinajstić information content (AvgIpc) is 3.04. The number of rotatable bonds is 3. The van der Waals surface area contributed by atoms with E-state index in [9.17, 15) is 14.4 Å². The van der Waals surface area contributed by atoms with Gasteiger partial charge < -0.3 is 10.2 Å². The Morgan fingerprint density at radius 3 is 2.86 bits per heavy atom. The zero-order valence-electron chi connectivity index (χ0n) is 16.7. The number of amides is 3. The maximum atomic E-state index is 13.0. The molecule has 0 radical (unpaired) electrons. The van der Waals surface area contributed by atoms with Gasteiger partial charge in [0.1, 0.15) is 6.04 Å². The number of nitrogens with zero attached hydrogens (tertiary/aromatic N) is 2. The molecule has 3 atom stereocenters. The number of benzene rings is 1. The molecule has 1 aromatic carbocycles. The first kappa shape index (κ1) is 18.8. The molecular weight excluding hydrogens is 368 g/mol. The van der Waals surface area contributed by atoms with Crippen LogP contribution in [0, 0.1) is 5.92 Å². The zero-order valence-corrected chi connectivity index (χ0v) is 16.7. The normalized spacial score (nSPS) is 30.1. The summed E-state index contributed by atoms with van der Waals surface area (Å²) in [6, 6.07) is 6.28. The van der Waals surface area contributed by atoms with Gasteiger partial charge in [-0.05, 0) is 68.4 Å². The van der Waals surface area contributed by atoms with Crippen LogP contribution in [0.15, 0.2) is 18.2 Å². The molecule has 7 heteroatoms. The fourth-order valence-electron chi connectivity index (χ4n) is 5.54. The summed E-state index contributed by atoms with van der Waals surface area (Å²) < 4.78 is 0. The van der Waals surface area contributed by atoms with Crippen LogP contribution in [0.1, 0.15) is 53.6 Å². The van der Waals surface area contributed by atoms with Crippen molar-refractivity contribution in [3.05, 3.63) is 34.9 Å². The van der Waals surface area contributed by atoms with Crippen molar-refractivity contribution in [2.24, 2.45) is 5.92 Å². The van der Waals surface area contributed by atoms with Crippen molar-refractivity contribution in [1.82, 2.24) is 20.4 Å². The molecule has 0 aromatic heterocycles. The SMILES string of the molecule is O=C1CCC(N2Cc3ccc(CN4CCC[C@@H]5CNCC[C@@H]54)cc3C2=O)C(=O)N1. The second-order valence-corrected chi connectivity index (χ2v) is 8.82. The largest absolute Gasteiger partial charge is 0.322 e. The molecular formula is C22H28N4O3. The van der Waals surface area contributed by atoms with Gasteiger partial charge in [-0.3, -0.25) is 24.6 Å². The minimum atomic E-state index is -0.548. The summed E-state index contributed by atoms with van der Waals surface area (Å²) in [5, 5.41) is 5.88. The number of piperidine rings is 3. The summed E-state index contributed by atoms with van der Waals surface area (Å²) in [6.07, 6.45) is 4.42. The van der Waals surface area contributed by atoms with Crippen LogP contribution in [0.2, 0.25) is 0 Å². The summed E-state index contributed by atoms with van der Waals surface area (Å²) in [7, 11) is 0. The van der Waals surface area contributed by atoms with Crippen molar-refractivity contribution in [3.63, 3.8) is 0 Å². The lowest BCUT2D eigenvalue weighted by molar-refractivity contribution is -0.136. The second-order valence-electron chi connectivity index (χ2n) is 8.82. The summed E-state index contributed by atoms with van der Waals surface area (Å²) in [6.45, 7) is 4.64. The first-order valence-corrected chi connectivity index (χ1v) is 10.8. The Balaban J connectivity index is 1.31. The van der Waals surface area contributed by atoms with Gasteiger partial charge in [-0.2, -0.15) is 0 Å². The third-order valence-corrected chi connectivity index (χ3v) is 7.04. The molecule has 0 spiro atoms. The van der Waals surface area contributed by atoms with Crippen molar-refractivity contribution in [3.8, 4) is 0 Å². The summed E-state index contributed by atoms with van der Waals surface area (Å²) >= 11 is 0. The van der Waals surface area contributed by atoms with Crippen molar-refractivity contribution < 1.29 is 14.4 Å². The summed E-state index contributed by atoms with van der Waals surface area (Å²) in [4.78, 5) is 40.9. The van der Waals surface area contributed by atoms with E-state index in [0.717, 1.165) is 37.7 Å². The second kappa shape index (κ2) is 7.54. The molecule has 0 aliphatic carbocycles. The van der Waals surface area contributed by atoms with Gasteiger partial charge in [-0.1, -0.05) is 12.1 Å². The fraction of sp³-hybridized carbons (Fsp3) is 0.591. The quantitative estimate of drug-likeness (QED) is 0.746. The van der Waals surface area contributed by atoms with E-state index in [-0.39, 0.29) is 24.1 Å². The predicted octanol–water partition coefficient (Wildman–Crippen LogP) is 1.02. The number of carbonyl (C=O) groups excluding carboxylic acids is 3. The molecule has 2 N–H and O–H groups in total. The highest BCUT2D eigenvalue weighted by atomic mass is 16.2. The third kappa shape index (κ3) is 3.46. The number of hydrogen-bond acceptors (Lipinski definition) is 5. The molecule has 5 rings (SSSR count). The van der Waals surface area contributed by atoms with E-state index in [4.69, 9.17) is 0 Å². The highest BCUT2D eigenvalue weighted by Crippen LogP contribution is 2.31. The highest BCUT2D eigenvalue weighted by Gasteiger charge is 2.39. The van der Waals surface area contributed by atoms with Crippen LogP contribution in [0.3, 0.4) is 0 Å². The van der Waals surface area contributed by atoms with E-state index < -0.39 is 6.04 Å². The molecule has 4 heterocycles. The predicted molar refractivity (Wildman–Crippen MR) is 107 cm³/mol. The van der Waals surface area contributed by atoms with Gasteiger partial charge in [0.25, 0.3) is 5.91 Å². The van der Waals surface area contributed by atoms with Gasteiger partial charge in [0, 0.05) is 31.1 Å². The van der Waals surface area contributed by atoms with Crippen molar-refractivity contribution >= 4 is 17.7 Å². The van der Waals surface area contributed by atoms with Gasteiger partial charge in [-0.25, -0.2) is 0 Å². The lowest BCUT2D eigenvalue weighted by Crippen LogP contribution is -2.52. The van der Waals surface area contributed by atoms with Crippen LogP contribution in [-0.2, 0) is 22.7 Å². The van der Waals surface area contributed by atoms with Crippen LogP contribution in [-0.4, -0.2) is 59.2 Å². The van der Waals surface area contributed by atoms with E-state index in [1.54, 1.807) is 4.90 Å². The Kier molecular flexibility index (Phi) is 4.87. The van der Waals surface area contributed by atoms with Gasteiger partial charge in [0.15, 0.2) is 0 Å². The maximum absolute atomic E-state index is 13.0. The monoisotopic (exact) mass is 396 g/mol. The van der Waals surface area contributed by atoms with Gasteiger partial charge >= 0.3 is 0 Å². The van der Waals surface area contributed by atoms with Crippen LogP contribution in [0.25, 0.3) is 0 Å². The average molecular weight is 396 g/mol. The molecule has 154 valence electrons. The number of imide groups is 1. The number of carbonyl (C=O) groups is 3. The van der Waals surface area contributed by atoms with E-state index in [1.807, 2.05) is 12.1 Å². The molecule has 1 aromatic rings. The maximum Gasteiger partial charge on any atom is 0.255 e. The molecule has 4 aliphatic rings. The van der Waals surface area contributed by atoms with Gasteiger partial charge in [0.05, 0.1) is 0 Å². The van der Waals surface area contributed by atoms with Gasteiger partial charge in [-0.15, -0.1) is 0 Å². The van der Waals surface area contributed by atoms with E-state index in [0.29, 0.717) is 24.6 Å². The topological polar surface area (TPSA) is 81.8 Å². The summed E-state index contributed by atoms with van der Waals surface area (Å²) in [5.74, 6) is 0.0367. The number of nitrogens with one attached hydrogen (secondary N) is 2. The van der Waals surface area contributed by atoms with E-state index in [2.05, 4.69) is 21.6 Å². The van der Waals surface area contributed by atoms with Crippen molar-refractivity contribution in [2.75, 3.05) is 19.6 Å². The minimum Gasteiger partial charge on any atom is -0.322 e. The molecule has 4 aliphatic heterocycles. The smallest absolute Gasteiger partial charge is 0.255 e. The number of fused-ring (bicyclic) bond motifs is 2. The molecule has 0 bridgehead atoms. The first-order valence-electron chi connectivity index (χ1n) is 10.8. The highest BCUT2D eigenvalue weighted by molar-refractivity contribution is 6.05. The van der Waals surface area contributed by atoms with E-state index >= 15 is 0 Å². The van der Waals surface area contributed by atoms with Gasteiger partial charge in [0.2, 0.25) is 11.8 Å². The molecule has 0 saturated carbocycles. The van der Waals surface area contributed by atoms with Crippen molar-refractivity contribution in [2.45, 2.75) is 57.3 Å². The lowest BCUT2D eigenvalue weighted by atomic mass is 9.84. The fourth-order valence-corrected chi connectivity index (χ4v) is 5.54. The summed E-state index contributed by atoms with van der Waals surface area (Å²) in [5.41, 5.74) is 2.86. The molecule has 3 fully saturated rings. The number of hydrogen-bond donors (Lipinski definition) is 2. The molecule has 7 nitrogen and oxygen atoms in total. The zero-order chi connectivity index (χ0) is 20.0. The molecule has 3 saturated heterocycles.